The van der Waals surface area contributed by atoms with E-state index in [0.717, 1.165) is 34.4 Å². The Balaban J connectivity index is 1.97. The van der Waals surface area contributed by atoms with Crippen molar-refractivity contribution in [3.05, 3.63) is 22.2 Å². The van der Waals surface area contributed by atoms with Crippen LogP contribution >= 0.6 is 15.9 Å². The summed E-state index contributed by atoms with van der Waals surface area (Å²) >= 11 is 3.45. The van der Waals surface area contributed by atoms with Gasteiger partial charge in [0.25, 0.3) is 0 Å². The minimum Gasteiger partial charge on any atom is -0.486 e. The molecule has 0 amide bonds. The zero-order valence-electron chi connectivity index (χ0n) is 8.78. The molecule has 1 aromatic carbocycles. The predicted molar refractivity (Wildman–Crippen MR) is 62.8 cm³/mol. The van der Waals surface area contributed by atoms with E-state index in [0.29, 0.717) is 19.1 Å². The number of hydrogen-bond acceptors (Lipinski definition) is 3. The lowest BCUT2D eigenvalue weighted by atomic mass is 10.0. The van der Waals surface area contributed by atoms with Crippen molar-refractivity contribution in [2.24, 2.45) is 5.92 Å². The Labute approximate surface area is 102 Å². The van der Waals surface area contributed by atoms with Crippen molar-refractivity contribution in [2.45, 2.75) is 18.9 Å². The second-order valence-corrected chi connectivity index (χ2v) is 5.16. The van der Waals surface area contributed by atoms with Crippen LogP contribution in [0.25, 0.3) is 0 Å². The van der Waals surface area contributed by atoms with Crippen LogP contribution in [0.3, 0.4) is 0 Å². The highest BCUT2D eigenvalue weighted by Crippen LogP contribution is 2.45. The van der Waals surface area contributed by atoms with Crippen LogP contribution in [-0.4, -0.2) is 18.3 Å². The normalized spacial score (nSPS) is 20.6. The van der Waals surface area contributed by atoms with E-state index < -0.39 is 0 Å². The molecular weight excluding hydrogens is 272 g/mol. The predicted octanol–water partition coefficient (Wildman–Crippen LogP) is 2.66. The summed E-state index contributed by atoms with van der Waals surface area (Å²) in [4.78, 5) is 0. The average molecular weight is 285 g/mol. The minimum atomic E-state index is -0.368. The molecule has 1 aliphatic carbocycles. The van der Waals surface area contributed by atoms with Crippen molar-refractivity contribution in [1.29, 1.82) is 0 Å². The van der Waals surface area contributed by atoms with Crippen LogP contribution in [0.15, 0.2) is 16.6 Å². The van der Waals surface area contributed by atoms with Gasteiger partial charge in [-0.1, -0.05) is 0 Å². The summed E-state index contributed by atoms with van der Waals surface area (Å²) in [6, 6.07) is 3.82. The molecule has 3 nitrogen and oxygen atoms in total. The molecule has 16 heavy (non-hydrogen) atoms. The van der Waals surface area contributed by atoms with Crippen LogP contribution in [0.5, 0.6) is 11.5 Å². The number of ether oxygens (including phenoxy) is 2. The molecule has 3 rings (SSSR count). The van der Waals surface area contributed by atoms with Gasteiger partial charge in [0.15, 0.2) is 11.5 Å². The fourth-order valence-electron chi connectivity index (χ4n) is 1.99. The second kappa shape index (κ2) is 3.93. The van der Waals surface area contributed by atoms with Gasteiger partial charge in [-0.25, -0.2) is 0 Å². The summed E-state index contributed by atoms with van der Waals surface area (Å²) in [7, 11) is 0. The van der Waals surface area contributed by atoms with Gasteiger partial charge in [0.1, 0.15) is 13.2 Å². The van der Waals surface area contributed by atoms with Gasteiger partial charge in [-0.15, -0.1) is 0 Å². The molecule has 4 heteroatoms. The van der Waals surface area contributed by atoms with Crippen LogP contribution in [0.2, 0.25) is 0 Å². The molecule has 0 bridgehead atoms. The maximum absolute atomic E-state index is 10.1. The lowest BCUT2D eigenvalue weighted by molar-refractivity contribution is 0.149. The maximum atomic E-state index is 10.1. The van der Waals surface area contributed by atoms with Gasteiger partial charge in [0.2, 0.25) is 0 Å². The van der Waals surface area contributed by atoms with E-state index in [1.165, 1.54) is 0 Å². The van der Waals surface area contributed by atoms with Crippen LogP contribution < -0.4 is 9.47 Å². The van der Waals surface area contributed by atoms with Crippen molar-refractivity contribution >= 4 is 15.9 Å². The van der Waals surface area contributed by atoms with E-state index in [4.69, 9.17) is 9.47 Å². The van der Waals surface area contributed by atoms with Gasteiger partial charge in [-0.2, -0.15) is 0 Å². The van der Waals surface area contributed by atoms with Gasteiger partial charge in [-0.3, -0.25) is 0 Å². The molecule has 0 saturated heterocycles. The molecule has 1 unspecified atom stereocenters. The van der Waals surface area contributed by atoms with E-state index in [1.54, 1.807) is 0 Å². The Morgan fingerprint density at radius 1 is 1.25 bits per heavy atom. The second-order valence-electron chi connectivity index (χ2n) is 4.31. The highest BCUT2D eigenvalue weighted by Gasteiger charge is 2.32. The van der Waals surface area contributed by atoms with Crippen LogP contribution in [0.4, 0.5) is 0 Å². The number of fused-ring (bicyclic) bond motifs is 1. The molecule has 0 spiro atoms. The highest BCUT2D eigenvalue weighted by atomic mass is 79.9. The molecule has 86 valence electrons. The summed E-state index contributed by atoms with van der Waals surface area (Å²) in [5.41, 5.74) is 0.915. The SMILES string of the molecule is OC(c1cc(Br)c2c(c1)OCCO2)C1CC1. The Bertz CT molecular complexity index is 415. The van der Waals surface area contributed by atoms with Crippen molar-refractivity contribution in [2.75, 3.05) is 13.2 Å². The van der Waals surface area contributed by atoms with Crippen LogP contribution in [0, 0.1) is 5.92 Å². The molecule has 0 radical (unpaired) electrons. The molecule has 1 aliphatic heterocycles. The lowest BCUT2D eigenvalue weighted by Crippen LogP contribution is -2.16. The topological polar surface area (TPSA) is 38.7 Å². The molecule has 1 heterocycles. The number of aliphatic hydroxyl groups excluding tert-OH is 1. The van der Waals surface area contributed by atoms with E-state index >= 15 is 0 Å². The zero-order chi connectivity index (χ0) is 11.1. The van der Waals surface area contributed by atoms with Crippen LogP contribution in [-0.2, 0) is 0 Å². The first kappa shape index (κ1) is 10.4. The molecule has 1 saturated carbocycles. The lowest BCUT2D eigenvalue weighted by Gasteiger charge is -2.21. The fourth-order valence-corrected chi connectivity index (χ4v) is 2.56. The van der Waals surface area contributed by atoms with Crippen molar-refractivity contribution in [3.63, 3.8) is 0 Å². The smallest absolute Gasteiger partial charge is 0.175 e. The standard InChI is InChI=1S/C12H13BrO3/c13-9-5-8(11(14)7-1-2-7)6-10-12(9)16-4-3-15-10/h5-7,11,14H,1-4H2. The number of halogens is 1. The van der Waals surface area contributed by atoms with Gasteiger partial charge in [-0.05, 0) is 52.4 Å². The summed E-state index contributed by atoms with van der Waals surface area (Å²) in [5, 5.41) is 10.1. The Kier molecular flexibility index (Phi) is 2.56. The summed E-state index contributed by atoms with van der Waals surface area (Å²) < 4.78 is 11.9. The third-order valence-electron chi connectivity index (χ3n) is 3.03. The largest absolute Gasteiger partial charge is 0.486 e. The highest BCUT2D eigenvalue weighted by molar-refractivity contribution is 9.10. The van der Waals surface area contributed by atoms with Gasteiger partial charge in [0.05, 0.1) is 10.6 Å². The molecule has 1 aromatic rings. The number of hydrogen-bond donors (Lipinski definition) is 1. The van der Waals surface area contributed by atoms with Gasteiger partial charge < -0.3 is 14.6 Å². The van der Waals surface area contributed by atoms with E-state index in [-0.39, 0.29) is 6.10 Å². The average Bonchev–Trinajstić information content (AvgIpc) is 3.12. The monoisotopic (exact) mass is 284 g/mol. The fraction of sp³-hybridized carbons (Fsp3) is 0.500. The summed E-state index contributed by atoms with van der Waals surface area (Å²) in [6.07, 6.45) is 1.87. The van der Waals surface area contributed by atoms with Gasteiger partial charge in [0, 0.05) is 0 Å². The molecule has 1 N–H and O–H groups in total. The van der Waals surface area contributed by atoms with Crippen molar-refractivity contribution in [3.8, 4) is 11.5 Å². The summed E-state index contributed by atoms with van der Waals surface area (Å²) in [6.45, 7) is 1.15. The molecule has 0 aromatic heterocycles. The first-order valence-electron chi connectivity index (χ1n) is 5.53. The minimum absolute atomic E-state index is 0.368. The van der Waals surface area contributed by atoms with Gasteiger partial charge >= 0.3 is 0 Å². The van der Waals surface area contributed by atoms with E-state index in [9.17, 15) is 5.11 Å². The van der Waals surface area contributed by atoms with E-state index in [1.807, 2.05) is 12.1 Å². The molecule has 1 fully saturated rings. The first-order chi connectivity index (χ1) is 7.75. The maximum Gasteiger partial charge on any atom is 0.175 e. The number of benzene rings is 1. The molecule has 1 atom stereocenters. The Hall–Kier alpha value is -0.740. The van der Waals surface area contributed by atoms with Crippen molar-refractivity contribution < 1.29 is 14.6 Å². The number of rotatable bonds is 2. The number of aliphatic hydroxyl groups is 1. The Morgan fingerprint density at radius 2 is 2.00 bits per heavy atom. The Morgan fingerprint density at radius 3 is 2.75 bits per heavy atom. The van der Waals surface area contributed by atoms with E-state index in [2.05, 4.69) is 15.9 Å². The molecular formula is C12H13BrO3. The quantitative estimate of drug-likeness (QED) is 0.908. The van der Waals surface area contributed by atoms with Crippen molar-refractivity contribution in [1.82, 2.24) is 0 Å². The van der Waals surface area contributed by atoms with Crippen LogP contribution in [0.1, 0.15) is 24.5 Å². The zero-order valence-corrected chi connectivity index (χ0v) is 10.4. The third-order valence-corrected chi connectivity index (χ3v) is 3.62. The third kappa shape index (κ3) is 1.80. The first-order valence-corrected chi connectivity index (χ1v) is 6.32. The summed E-state index contributed by atoms with van der Waals surface area (Å²) in [5.74, 6) is 1.91. The molecule has 2 aliphatic rings.